The Hall–Kier alpha value is -0.480. The predicted octanol–water partition coefficient (Wildman–Crippen LogP) is 1.26. The third-order valence-corrected chi connectivity index (χ3v) is 2.30. The van der Waals surface area contributed by atoms with Gasteiger partial charge in [-0.1, -0.05) is 18.2 Å². The number of rotatable bonds is 1. The summed E-state index contributed by atoms with van der Waals surface area (Å²) in [5, 5.41) is 12.8. The summed E-state index contributed by atoms with van der Waals surface area (Å²) in [7, 11) is 0. The van der Waals surface area contributed by atoms with E-state index in [9.17, 15) is 5.11 Å². The van der Waals surface area contributed by atoms with E-state index in [0.717, 1.165) is 18.8 Å². The molecule has 1 atom stereocenters. The first kappa shape index (κ1) is 14.5. The lowest BCUT2D eigenvalue weighted by molar-refractivity contribution is 0.152. The van der Waals surface area contributed by atoms with E-state index >= 15 is 0 Å². The van der Waals surface area contributed by atoms with E-state index in [1.165, 1.54) is 0 Å². The Morgan fingerprint density at radius 3 is 2.47 bits per heavy atom. The number of aliphatic hydroxyl groups excluding tert-OH is 1. The molecule has 1 saturated heterocycles. The van der Waals surface area contributed by atoms with Crippen molar-refractivity contribution in [2.75, 3.05) is 24.5 Å². The number of nitrogens with zero attached hydrogens (tertiary/aromatic N) is 1. The van der Waals surface area contributed by atoms with Crippen molar-refractivity contribution in [1.82, 2.24) is 5.32 Å². The summed E-state index contributed by atoms with van der Waals surface area (Å²) < 4.78 is 0. The van der Waals surface area contributed by atoms with Crippen LogP contribution >= 0.6 is 24.8 Å². The summed E-state index contributed by atoms with van der Waals surface area (Å²) in [4.78, 5) is 2.01. The number of benzene rings is 1. The third-order valence-electron chi connectivity index (χ3n) is 2.30. The summed E-state index contributed by atoms with van der Waals surface area (Å²) in [6.45, 7) is 2.45. The molecule has 1 aliphatic rings. The molecule has 0 spiro atoms. The molecule has 1 unspecified atom stereocenters. The number of halogens is 2. The van der Waals surface area contributed by atoms with Crippen LogP contribution in [-0.2, 0) is 0 Å². The average Bonchev–Trinajstić information content (AvgIpc) is 2.20. The highest BCUT2D eigenvalue weighted by molar-refractivity contribution is 5.85. The summed E-state index contributed by atoms with van der Waals surface area (Å²) in [6.07, 6.45) is -0.392. The van der Waals surface area contributed by atoms with Crippen LogP contribution in [0.2, 0.25) is 0 Å². The Morgan fingerprint density at radius 1 is 1.20 bits per heavy atom. The summed E-state index contributed by atoms with van der Waals surface area (Å²) in [5.41, 5.74) is 1.09. The first-order valence-corrected chi connectivity index (χ1v) is 4.58. The van der Waals surface area contributed by atoms with Gasteiger partial charge in [-0.25, -0.2) is 0 Å². The Morgan fingerprint density at radius 2 is 1.87 bits per heavy atom. The number of piperazine rings is 1. The number of hydrogen-bond acceptors (Lipinski definition) is 3. The van der Waals surface area contributed by atoms with E-state index < -0.39 is 6.23 Å². The van der Waals surface area contributed by atoms with Gasteiger partial charge in [0.05, 0.1) is 0 Å². The van der Waals surface area contributed by atoms with Crippen LogP contribution in [0.1, 0.15) is 0 Å². The molecule has 2 rings (SSSR count). The molecule has 1 fully saturated rings. The van der Waals surface area contributed by atoms with Gasteiger partial charge in [0.25, 0.3) is 0 Å². The molecule has 0 radical (unpaired) electrons. The van der Waals surface area contributed by atoms with E-state index in [4.69, 9.17) is 0 Å². The zero-order valence-electron chi connectivity index (χ0n) is 8.30. The maximum Gasteiger partial charge on any atom is 0.139 e. The fourth-order valence-corrected chi connectivity index (χ4v) is 1.61. The maximum atomic E-state index is 9.69. The number of para-hydroxylation sites is 1. The van der Waals surface area contributed by atoms with E-state index in [1.54, 1.807) is 0 Å². The number of hydrogen-bond donors (Lipinski definition) is 2. The Balaban J connectivity index is 0.000000980. The van der Waals surface area contributed by atoms with Crippen LogP contribution in [-0.4, -0.2) is 31.0 Å². The zero-order valence-corrected chi connectivity index (χ0v) is 9.93. The minimum Gasteiger partial charge on any atom is -0.372 e. The molecule has 1 heterocycles. The fourth-order valence-electron chi connectivity index (χ4n) is 1.61. The molecule has 0 aliphatic carbocycles. The van der Waals surface area contributed by atoms with E-state index in [0.29, 0.717) is 6.54 Å². The van der Waals surface area contributed by atoms with E-state index in [2.05, 4.69) is 5.32 Å². The van der Waals surface area contributed by atoms with Gasteiger partial charge in [-0.2, -0.15) is 0 Å². The maximum absolute atomic E-state index is 9.69. The molecule has 0 amide bonds. The average molecular weight is 251 g/mol. The monoisotopic (exact) mass is 250 g/mol. The topological polar surface area (TPSA) is 35.5 Å². The number of β-amino-alcohol motifs (C(OH)–C–C–N with tert-alkyl or cyclic N) is 1. The van der Waals surface area contributed by atoms with Crippen molar-refractivity contribution in [1.29, 1.82) is 0 Å². The van der Waals surface area contributed by atoms with Crippen LogP contribution in [0, 0.1) is 0 Å². The normalized spacial score (nSPS) is 20.1. The largest absolute Gasteiger partial charge is 0.372 e. The van der Waals surface area contributed by atoms with Gasteiger partial charge >= 0.3 is 0 Å². The van der Waals surface area contributed by atoms with Gasteiger partial charge in [0, 0.05) is 25.3 Å². The SMILES string of the molecule is Cl.Cl.OC1CNCCN1c1ccccc1. The van der Waals surface area contributed by atoms with Crippen LogP contribution in [0.5, 0.6) is 0 Å². The van der Waals surface area contributed by atoms with Crippen LogP contribution in [0.3, 0.4) is 0 Å². The second-order valence-corrected chi connectivity index (χ2v) is 3.21. The minimum absolute atomic E-state index is 0. The first-order chi connectivity index (χ1) is 6.38. The van der Waals surface area contributed by atoms with E-state index in [1.807, 2.05) is 35.2 Å². The molecular weight excluding hydrogens is 235 g/mol. The van der Waals surface area contributed by atoms with Gasteiger partial charge in [-0.3, -0.25) is 0 Å². The second kappa shape index (κ2) is 6.90. The lowest BCUT2D eigenvalue weighted by atomic mass is 10.2. The Kier molecular flexibility index (Phi) is 6.68. The molecule has 15 heavy (non-hydrogen) atoms. The van der Waals surface area contributed by atoms with Gasteiger partial charge < -0.3 is 15.3 Å². The van der Waals surface area contributed by atoms with Crippen LogP contribution in [0.15, 0.2) is 30.3 Å². The van der Waals surface area contributed by atoms with Crippen molar-refractivity contribution in [3.8, 4) is 0 Å². The van der Waals surface area contributed by atoms with E-state index in [-0.39, 0.29) is 24.8 Å². The molecule has 1 aromatic rings. The van der Waals surface area contributed by atoms with Crippen LogP contribution < -0.4 is 10.2 Å². The minimum atomic E-state index is -0.392. The van der Waals surface area contributed by atoms with Crippen molar-refractivity contribution in [3.05, 3.63) is 30.3 Å². The standard InChI is InChI=1S/C10H14N2O.2ClH/c13-10-8-11-6-7-12(10)9-4-2-1-3-5-9;;/h1-5,10-11,13H,6-8H2;2*1H. The Labute approximate surface area is 102 Å². The highest BCUT2D eigenvalue weighted by atomic mass is 35.5. The highest BCUT2D eigenvalue weighted by Crippen LogP contribution is 2.15. The summed E-state index contributed by atoms with van der Waals surface area (Å²) in [6, 6.07) is 10.0. The van der Waals surface area contributed by atoms with Crippen molar-refractivity contribution in [3.63, 3.8) is 0 Å². The van der Waals surface area contributed by atoms with Gasteiger partial charge in [0.2, 0.25) is 0 Å². The van der Waals surface area contributed by atoms with Gasteiger partial charge in [-0.05, 0) is 12.1 Å². The van der Waals surface area contributed by atoms with Gasteiger partial charge in [-0.15, -0.1) is 24.8 Å². The molecule has 3 nitrogen and oxygen atoms in total. The fraction of sp³-hybridized carbons (Fsp3) is 0.400. The first-order valence-electron chi connectivity index (χ1n) is 4.58. The lowest BCUT2D eigenvalue weighted by Crippen LogP contribution is -2.51. The second-order valence-electron chi connectivity index (χ2n) is 3.21. The quantitative estimate of drug-likeness (QED) is 0.788. The molecule has 1 aliphatic heterocycles. The number of anilines is 1. The van der Waals surface area contributed by atoms with Crippen molar-refractivity contribution in [2.45, 2.75) is 6.23 Å². The molecule has 0 bridgehead atoms. The van der Waals surface area contributed by atoms with Gasteiger partial charge in [0.15, 0.2) is 0 Å². The predicted molar refractivity (Wildman–Crippen MR) is 67.2 cm³/mol. The summed E-state index contributed by atoms with van der Waals surface area (Å²) in [5.74, 6) is 0. The molecule has 0 saturated carbocycles. The Bertz CT molecular complexity index is 271. The lowest BCUT2D eigenvalue weighted by Gasteiger charge is -2.34. The van der Waals surface area contributed by atoms with Crippen molar-refractivity contribution >= 4 is 30.5 Å². The molecular formula is C10H16Cl2N2O. The van der Waals surface area contributed by atoms with Crippen molar-refractivity contribution < 1.29 is 5.11 Å². The molecule has 86 valence electrons. The highest BCUT2D eigenvalue weighted by Gasteiger charge is 2.18. The molecule has 5 heteroatoms. The summed E-state index contributed by atoms with van der Waals surface area (Å²) >= 11 is 0. The molecule has 0 aromatic heterocycles. The number of aliphatic hydroxyl groups is 1. The van der Waals surface area contributed by atoms with Crippen molar-refractivity contribution in [2.24, 2.45) is 0 Å². The molecule has 1 aromatic carbocycles. The smallest absolute Gasteiger partial charge is 0.139 e. The molecule has 2 N–H and O–H groups in total. The third kappa shape index (κ3) is 3.54. The zero-order chi connectivity index (χ0) is 9.10. The van der Waals surface area contributed by atoms with Crippen LogP contribution in [0.25, 0.3) is 0 Å². The van der Waals surface area contributed by atoms with Gasteiger partial charge in [0.1, 0.15) is 6.23 Å². The van der Waals surface area contributed by atoms with Crippen LogP contribution in [0.4, 0.5) is 5.69 Å². The number of nitrogens with one attached hydrogen (secondary N) is 1.